The number of alkyl halides is 3. The second-order valence-electron chi connectivity index (χ2n) is 8.60. The van der Waals surface area contributed by atoms with E-state index in [1.165, 1.54) is 6.07 Å². The lowest BCUT2D eigenvalue weighted by atomic mass is 10.0. The van der Waals surface area contributed by atoms with Crippen molar-refractivity contribution in [1.29, 1.82) is 0 Å². The predicted octanol–water partition coefficient (Wildman–Crippen LogP) is 5.70. The molecule has 0 aliphatic carbocycles. The third-order valence-electron chi connectivity index (χ3n) is 4.50. The van der Waals surface area contributed by atoms with Crippen LogP contribution in [0.4, 0.5) is 23.7 Å². The normalized spacial score (nSPS) is 14.0. The van der Waals surface area contributed by atoms with Gasteiger partial charge in [0, 0.05) is 30.6 Å². The van der Waals surface area contributed by atoms with E-state index >= 15 is 0 Å². The SMILES string of the molecule is CCCN(CCC)C(=O)C1=Cc2ccc(C(F)(F)F)cc2N=C(NC(=O)OC(C)(C)C)C1. The molecule has 1 aliphatic rings. The van der Waals surface area contributed by atoms with Crippen molar-refractivity contribution in [2.45, 2.75) is 65.7 Å². The van der Waals surface area contributed by atoms with Gasteiger partial charge in [-0.05, 0) is 51.8 Å². The maximum Gasteiger partial charge on any atom is 0.416 e. The summed E-state index contributed by atoms with van der Waals surface area (Å²) in [6.45, 7) is 10.1. The van der Waals surface area contributed by atoms with Crippen molar-refractivity contribution in [1.82, 2.24) is 10.2 Å². The van der Waals surface area contributed by atoms with Crippen LogP contribution in [0.5, 0.6) is 0 Å². The molecular weight excluding hydrogens is 423 g/mol. The number of benzene rings is 1. The molecule has 0 radical (unpaired) electrons. The van der Waals surface area contributed by atoms with Crippen LogP contribution in [-0.2, 0) is 15.7 Å². The fourth-order valence-corrected chi connectivity index (χ4v) is 3.23. The molecule has 1 N–H and O–H groups in total. The van der Waals surface area contributed by atoms with Gasteiger partial charge in [-0.15, -0.1) is 0 Å². The molecule has 32 heavy (non-hydrogen) atoms. The number of fused-ring (bicyclic) bond motifs is 1. The summed E-state index contributed by atoms with van der Waals surface area (Å²) < 4.78 is 44.9. The zero-order valence-corrected chi connectivity index (χ0v) is 19.1. The van der Waals surface area contributed by atoms with E-state index in [2.05, 4.69) is 10.3 Å². The van der Waals surface area contributed by atoms with E-state index in [4.69, 9.17) is 4.74 Å². The first-order chi connectivity index (χ1) is 14.8. The van der Waals surface area contributed by atoms with Crippen molar-refractivity contribution < 1.29 is 27.5 Å². The highest BCUT2D eigenvalue weighted by Gasteiger charge is 2.32. The Kier molecular flexibility index (Phi) is 8.09. The zero-order valence-electron chi connectivity index (χ0n) is 19.1. The molecule has 1 heterocycles. The monoisotopic (exact) mass is 453 g/mol. The van der Waals surface area contributed by atoms with E-state index in [1.54, 1.807) is 31.7 Å². The highest BCUT2D eigenvalue weighted by Crippen LogP contribution is 2.35. The molecule has 176 valence electrons. The Labute approximate surface area is 186 Å². The highest BCUT2D eigenvalue weighted by molar-refractivity contribution is 6.08. The van der Waals surface area contributed by atoms with Gasteiger partial charge in [-0.25, -0.2) is 9.79 Å². The quantitative estimate of drug-likeness (QED) is 0.622. The van der Waals surface area contributed by atoms with E-state index in [0.29, 0.717) is 24.2 Å². The Morgan fingerprint density at radius 1 is 1.12 bits per heavy atom. The molecule has 1 aromatic rings. The van der Waals surface area contributed by atoms with Crippen molar-refractivity contribution >= 4 is 29.6 Å². The first-order valence-electron chi connectivity index (χ1n) is 10.6. The molecule has 0 aromatic heterocycles. The number of carbonyl (C=O) groups is 2. The minimum absolute atomic E-state index is 0.0196. The number of nitrogens with one attached hydrogen (secondary N) is 1. The summed E-state index contributed by atoms with van der Waals surface area (Å²) in [6.07, 6.45) is -2.31. The summed E-state index contributed by atoms with van der Waals surface area (Å²) in [5, 5.41) is 2.50. The molecule has 0 fully saturated rings. The molecule has 2 amide bonds. The lowest BCUT2D eigenvalue weighted by Gasteiger charge is -2.23. The highest BCUT2D eigenvalue weighted by atomic mass is 19.4. The van der Waals surface area contributed by atoms with Gasteiger partial charge >= 0.3 is 12.3 Å². The van der Waals surface area contributed by atoms with Crippen molar-refractivity contribution in [3.05, 3.63) is 34.9 Å². The van der Waals surface area contributed by atoms with Crippen LogP contribution >= 0.6 is 0 Å². The Morgan fingerprint density at radius 3 is 2.28 bits per heavy atom. The standard InChI is InChI=1S/C23H30F3N3O3/c1-6-10-29(11-7-2)20(30)16-12-15-8-9-17(23(24,25)26)14-18(15)27-19(13-16)28-21(31)32-22(3,4)5/h8-9,12,14H,6-7,10-11,13H2,1-5H3,(H,27,28,31). The number of hydrogen-bond acceptors (Lipinski definition) is 4. The third-order valence-corrected chi connectivity index (χ3v) is 4.50. The molecule has 0 unspecified atom stereocenters. The fourth-order valence-electron chi connectivity index (χ4n) is 3.23. The van der Waals surface area contributed by atoms with E-state index in [9.17, 15) is 22.8 Å². The van der Waals surface area contributed by atoms with Crippen molar-refractivity contribution in [3.8, 4) is 0 Å². The number of halogens is 3. The summed E-state index contributed by atoms with van der Waals surface area (Å²) in [5.41, 5.74) is -0.912. The Hall–Kier alpha value is -2.84. The average Bonchev–Trinajstić information content (AvgIpc) is 2.83. The summed E-state index contributed by atoms with van der Waals surface area (Å²) in [4.78, 5) is 31.4. The van der Waals surface area contributed by atoms with Gasteiger partial charge in [0.15, 0.2) is 0 Å². The lowest BCUT2D eigenvalue weighted by Crippen LogP contribution is -2.38. The fraction of sp³-hybridized carbons (Fsp3) is 0.522. The molecule has 0 atom stereocenters. The van der Waals surface area contributed by atoms with Crippen LogP contribution < -0.4 is 5.32 Å². The van der Waals surface area contributed by atoms with Crippen LogP contribution in [0.25, 0.3) is 6.08 Å². The number of amides is 2. The van der Waals surface area contributed by atoms with Crippen LogP contribution in [0.2, 0.25) is 0 Å². The van der Waals surface area contributed by atoms with Gasteiger partial charge in [-0.1, -0.05) is 19.9 Å². The van der Waals surface area contributed by atoms with Gasteiger partial charge in [-0.3, -0.25) is 10.1 Å². The van der Waals surface area contributed by atoms with Crippen LogP contribution in [0, 0.1) is 0 Å². The number of carbonyl (C=O) groups excluding carboxylic acids is 2. The van der Waals surface area contributed by atoms with Gasteiger partial charge in [0.1, 0.15) is 11.4 Å². The smallest absolute Gasteiger partial charge is 0.416 e. The van der Waals surface area contributed by atoms with Crippen LogP contribution in [0.1, 0.15) is 65.0 Å². The van der Waals surface area contributed by atoms with E-state index < -0.39 is 23.4 Å². The molecule has 1 aliphatic heterocycles. The molecule has 6 nitrogen and oxygen atoms in total. The number of alkyl carbamates (subject to hydrolysis) is 1. The Balaban J connectivity index is 2.49. The topological polar surface area (TPSA) is 71.0 Å². The van der Waals surface area contributed by atoms with Crippen molar-refractivity contribution in [3.63, 3.8) is 0 Å². The van der Waals surface area contributed by atoms with E-state index in [0.717, 1.165) is 25.0 Å². The second-order valence-corrected chi connectivity index (χ2v) is 8.60. The molecule has 0 saturated carbocycles. The first-order valence-corrected chi connectivity index (χ1v) is 10.6. The summed E-state index contributed by atoms with van der Waals surface area (Å²) >= 11 is 0. The molecule has 9 heteroatoms. The third kappa shape index (κ3) is 7.10. The largest absolute Gasteiger partial charge is 0.444 e. The van der Waals surface area contributed by atoms with Crippen LogP contribution in [0.3, 0.4) is 0 Å². The number of nitrogens with zero attached hydrogens (tertiary/aromatic N) is 2. The minimum atomic E-state index is -4.54. The van der Waals surface area contributed by atoms with Crippen LogP contribution in [0.15, 0.2) is 28.8 Å². The maximum absolute atomic E-state index is 13.2. The number of aliphatic imine (C=N–C) groups is 1. The molecule has 0 bridgehead atoms. The van der Waals surface area contributed by atoms with Gasteiger partial charge in [0.05, 0.1) is 11.3 Å². The molecule has 0 saturated heterocycles. The molecule has 2 rings (SSSR count). The Bertz CT molecular complexity index is 909. The summed E-state index contributed by atoms with van der Waals surface area (Å²) in [5.74, 6) is -0.190. The predicted molar refractivity (Wildman–Crippen MR) is 118 cm³/mol. The number of ether oxygens (including phenoxy) is 1. The van der Waals surface area contributed by atoms with Crippen LogP contribution in [-0.4, -0.2) is 41.4 Å². The summed E-state index contributed by atoms with van der Waals surface area (Å²) in [6, 6.07) is 3.15. The maximum atomic E-state index is 13.2. The Morgan fingerprint density at radius 2 is 1.75 bits per heavy atom. The van der Waals surface area contributed by atoms with Gasteiger partial charge in [-0.2, -0.15) is 13.2 Å². The number of rotatable bonds is 5. The minimum Gasteiger partial charge on any atom is -0.444 e. The molecule has 0 spiro atoms. The van der Waals surface area contributed by atoms with E-state index in [1.807, 2.05) is 13.8 Å². The lowest BCUT2D eigenvalue weighted by molar-refractivity contribution is -0.137. The van der Waals surface area contributed by atoms with Gasteiger partial charge in [0.25, 0.3) is 0 Å². The first kappa shape index (κ1) is 25.4. The van der Waals surface area contributed by atoms with E-state index in [-0.39, 0.29) is 23.9 Å². The zero-order chi connectivity index (χ0) is 24.1. The van der Waals surface area contributed by atoms with Gasteiger partial charge < -0.3 is 9.64 Å². The molecular formula is C23H30F3N3O3. The van der Waals surface area contributed by atoms with Gasteiger partial charge in [0.2, 0.25) is 5.91 Å². The van der Waals surface area contributed by atoms with Crippen molar-refractivity contribution in [2.75, 3.05) is 13.1 Å². The second kappa shape index (κ2) is 10.2. The number of amidine groups is 1. The summed E-state index contributed by atoms with van der Waals surface area (Å²) in [7, 11) is 0. The number of hydrogen-bond donors (Lipinski definition) is 1. The van der Waals surface area contributed by atoms with Crippen molar-refractivity contribution in [2.24, 2.45) is 4.99 Å². The average molecular weight is 454 g/mol. The molecule has 1 aromatic carbocycles.